The number of esters is 1. The predicted octanol–water partition coefficient (Wildman–Crippen LogP) is 2.28. The van der Waals surface area contributed by atoms with Crippen molar-refractivity contribution in [2.45, 2.75) is 70.6 Å². The second-order valence-electron chi connectivity index (χ2n) is 6.07. The summed E-state index contributed by atoms with van der Waals surface area (Å²) in [5, 5.41) is 3.44. The van der Waals surface area contributed by atoms with Crippen molar-refractivity contribution in [3.05, 3.63) is 0 Å². The van der Waals surface area contributed by atoms with E-state index < -0.39 is 5.54 Å². The molecule has 124 valence electrons. The number of ether oxygens (including phenoxy) is 3. The van der Waals surface area contributed by atoms with Crippen LogP contribution >= 0.6 is 0 Å². The molecule has 1 N–H and O–H groups in total. The van der Waals surface area contributed by atoms with Crippen LogP contribution in [0.4, 0.5) is 0 Å². The Morgan fingerprint density at radius 1 is 1.38 bits per heavy atom. The highest BCUT2D eigenvalue weighted by Gasteiger charge is 2.39. The third kappa shape index (κ3) is 7.25. The van der Waals surface area contributed by atoms with Gasteiger partial charge in [-0.3, -0.25) is 10.1 Å². The second kappa shape index (κ2) is 9.38. The molecular formula is C16H31NO4. The number of nitrogens with one attached hydrogen (secondary N) is 1. The molecular weight excluding hydrogens is 270 g/mol. The fourth-order valence-corrected chi connectivity index (χ4v) is 2.35. The fourth-order valence-electron chi connectivity index (χ4n) is 2.35. The fraction of sp³-hybridized carbons (Fsp3) is 0.938. The molecule has 1 aliphatic carbocycles. The van der Waals surface area contributed by atoms with Crippen molar-refractivity contribution in [2.24, 2.45) is 0 Å². The first-order valence-electron chi connectivity index (χ1n) is 8.07. The van der Waals surface area contributed by atoms with Crippen LogP contribution in [-0.2, 0) is 19.0 Å². The van der Waals surface area contributed by atoms with E-state index in [-0.39, 0.29) is 12.1 Å². The molecule has 1 rings (SSSR count). The molecule has 5 heteroatoms. The van der Waals surface area contributed by atoms with Crippen LogP contribution in [0, 0.1) is 0 Å². The van der Waals surface area contributed by atoms with E-state index in [1.54, 1.807) is 7.11 Å². The number of hydrogen-bond acceptors (Lipinski definition) is 5. The molecule has 2 unspecified atom stereocenters. The summed E-state index contributed by atoms with van der Waals surface area (Å²) in [4.78, 5) is 12.2. The lowest BCUT2D eigenvalue weighted by Crippen LogP contribution is -2.51. The summed E-state index contributed by atoms with van der Waals surface area (Å²) in [6.07, 6.45) is 5.10. The van der Waals surface area contributed by atoms with Gasteiger partial charge in [0.05, 0.1) is 19.3 Å². The van der Waals surface area contributed by atoms with Gasteiger partial charge >= 0.3 is 5.97 Å². The molecule has 0 spiro atoms. The summed E-state index contributed by atoms with van der Waals surface area (Å²) in [6.45, 7) is 7.55. The Morgan fingerprint density at radius 3 is 2.67 bits per heavy atom. The van der Waals surface area contributed by atoms with Gasteiger partial charge in [0.25, 0.3) is 0 Å². The van der Waals surface area contributed by atoms with Gasteiger partial charge in [-0.05, 0) is 52.9 Å². The van der Waals surface area contributed by atoms with Crippen LogP contribution in [0.3, 0.4) is 0 Å². The van der Waals surface area contributed by atoms with Crippen molar-refractivity contribution in [2.75, 3.05) is 26.9 Å². The monoisotopic (exact) mass is 301 g/mol. The Labute approximate surface area is 128 Å². The Morgan fingerprint density at radius 2 is 2.10 bits per heavy atom. The summed E-state index contributed by atoms with van der Waals surface area (Å²) in [7, 11) is 1.67. The average Bonchev–Trinajstić information content (AvgIpc) is 3.22. The zero-order valence-electron chi connectivity index (χ0n) is 13.9. The molecule has 0 radical (unpaired) electrons. The van der Waals surface area contributed by atoms with Crippen LogP contribution in [0.25, 0.3) is 0 Å². The average molecular weight is 301 g/mol. The molecule has 0 aliphatic heterocycles. The SMILES string of the molecule is CCOC(=O)C(C)(CCCCOC(C)COC)NC1CC1. The van der Waals surface area contributed by atoms with E-state index in [4.69, 9.17) is 14.2 Å². The van der Waals surface area contributed by atoms with E-state index >= 15 is 0 Å². The standard InChI is InChI=1S/C16H31NO4/c1-5-20-15(18)16(3,17-14-8-9-14)10-6-7-11-21-13(2)12-19-4/h13-14,17H,5-12H2,1-4H3. The van der Waals surface area contributed by atoms with Crippen molar-refractivity contribution < 1.29 is 19.0 Å². The number of methoxy groups -OCH3 is 1. The summed E-state index contributed by atoms with van der Waals surface area (Å²) in [6, 6.07) is 0.484. The molecule has 0 aromatic heterocycles. The molecule has 1 aliphatic rings. The molecule has 0 aromatic rings. The highest BCUT2D eigenvalue weighted by Crippen LogP contribution is 2.26. The lowest BCUT2D eigenvalue weighted by molar-refractivity contribution is -0.151. The van der Waals surface area contributed by atoms with Crippen molar-refractivity contribution in [1.82, 2.24) is 5.32 Å². The van der Waals surface area contributed by atoms with Crippen LogP contribution in [0.15, 0.2) is 0 Å². The molecule has 2 atom stereocenters. The second-order valence-corrected chi connectivity index (χ2v) is 6.07. The highest BCUT2D eigenvalue weighted by molar-refractivity contribution is 5.80. The van der Waals surface area contributed by atoms with Crippen molar-refractivity contribution >= 4 is 5.97 Å². The van der Waals surface area contributed by atoms with Gasteiger partial charge in [-0.2, -0.15) is 0 Å². The van der Waals surface area contributed by atoms with Gasteiger partial charge in [0.1, 0.15) is 5.54 Å². The normalized spacial score (nSPS) is 19.0. The van der Waals surface area contributed by atoms with Gasteiger partial charge < -0.3 is 14.2 Å². The number of carbonyl (C=O) groups is 1. The zero-order chi connectivity index (χ0) is 15.7. The minimum atomic E-state index is -0.560. The van der Waals surface area contributed by atoms with E-state index in [9.17, 15) is 4.79 Å². The smallest absolute Gasteiger partial charge is 0.326 e. The van der Waals surface area contributed by atoms with Crippen molar-refractivity contribution in [3.8, 4) is 0 Å². The lowest BCUT2D eigenvalue weighted by Gasteiger charge is -2.28. The highest BCUT2D eigenvalue weighted by atomic mass is 16.5. The van der Waals surface area contributed by atoms with Crippen molar-refractivity contribution in [3.63, 3.8) is 0 Å². The third-order valence-electron chi connectivity index (χ3n) is 3.70. The van der Waals surface area contributed by atoms with Crippen molar-refractivity contribution in [1.29, 1.82) is 0 Å². The minimum Gasteiger partial charge on any atom is -0.465 e. The Kier molecular flexibility index (Phi) is 8.22. The van der Waals surface area contributed by atoms with E-state index in [0.29, 0.717) is 25.9 Å². The first kappa shape index (κ1) is 18.4. The summed E-state index contributed by atoms with van der Waals surface area (Å²) in [5.74, 6) is -0.134. The van der Waals surface area contributed by atoms with Gasteiger partial charge in [0.2, 0.25) is 0 Å². The molecule has 0 aromatic carbocycles. The molecule has 1 fully saturated rings. The maximum atomic E-state index is 12.2. The number of unbranched alkanes of at least 4 members (excludes halogenated alkanes) is 1. The first-order valence-corrected chi connectivity index (χ1v) is 8.07. The maximum Gasteiger partial charge on any atom is 0.326 e. The van der Waals surface area contributed by atoms with Gasteiger partial charge in [-0.1, -0.05) is 0 Å². The number of hydrogen-bond donors (Lipinski definition) is 1. The van der Waals surface area contributed by atoms with Gasteiger partial charge in [-0.15, -0.1) is 0 Å². The number of rotatable bonds is 12. The maximum absolute atomic E-state index is 12.2. The largest absolute Gasteiger partial charge is 0.465 e. The first-order chi connectivity index (χ1) is 10.0. The van der Waals surface area contributed by atoms with Gasteiger partial charge in [0.15, 0.2) is 0 Å². The van der Waals surface area contributed by atoms with E-state index in [2.05, 4.69) is 5.32 Å². The van der Waals surface area contributed by atoms with E-state index in [1.807, 2.05) is 20.8 Å². The van der Waals surface area contributed by atoms with E-state index in [0.717, 1.165) is 32.1 Å². The molecule has 0 bridgehead atoms. The topological polar surface area (TPSA) is 56.8 Å². The molecule has 0 heterocycles. The summed E-state index contributed by atoms with van der Waals surface area (Å²) < 4.78 is 15.9. The minimum absolute atomic E-state index is 0.121. The Balaban J connectivity index is 2.27. The van der Waals surface area contributed by atoms with Crippen LogP contribution < -0.4 is 5.32 Å². The quantitative estimate of drug-likeness (QED) is 0.443. The zero-order valence-corrected chi connectivity index (χ0v) is 13.9. The molecule has 5 nitrogen and oxygen atoms in total. The van der Waals surface area contributed by atoms with Gasteiger partial charge in [0, 0.05) is 19.8 Å². The molecule has 21 heavy (non-hydrogen) atoms. The lowest BCUT2D eigenvalue weighted by atomic mass is 9.94. The summed E-state index contributed by atoms with van der Waals surface area (Å²) in [5.41, 5.74) is -0.560. The molecule has 1 saturated carbocycles. The third-order valence-corrected chi connectivity index (χ3v) is 3.70. The van der Waals surface area contributed by atoms with E-state index in [1.165, 1.54) is 0 Å². The molecule has 0 saturated heterocycles. The van der Waals surface area contributed by atoms with Crippen LogP contribution in [0.2, 0.25) is 0 Å². The number of carbonyl (C=O) groups excluding carboxylic acids is 1. The van der Waals surface area contributed by atoms with Crippen LogP contribution in [-0.4, -0.2) is 50.6 Å². The molecule has 0 amide bonds. The summed E-state index contributed by atoms with van der Waals surface area (Å²) >= 11 is 0. The predicted molar refractivity (Wildman–Crippen MR) is 82.3 cm³/mol. The Bertz CT molecular complexity index is 307. The van der Waals surface area contributed by atoms with Crippen LogP contribution in [0.5, 0.6) is 0 Å². The van der Waals surface area contributed by atoms with Gasteiger partial charge in [-0.25, -0.2) is 0 Å². The van der Waals surface area contributed by atoms with Crippen LogP contribution in [0.1, 0.15) is 52.9 Å². The Hall–Kier alpha value is -0.650.